The lowest BCUT2D eigenvalue weighted by molar-refractivity contribution is -0.141. The lowest BCUT2D eigenvalue weighted by atomic mass is 10.1. The summed E-state index contributed by atoms with van der Waals surface area (Å²) in [5.74, 6) is -0.692. The zero-order valence-electron chi connectivity index (χ0n) is 14.6. The van der Waals surface area contributed by atoms with Crippen LogP contribution < -0.4 is 4.74 Å². The monoisotopic (exact) mass is 365 g/mol. The highest BCUT2D eigenvalue weighted by atomic mass is 16.5. The number of carboxylic acids is 1. The molecule has 0 bridgehead atoms. The molecule has 4 rings (SSSR count). The Kier molecular flexibility index (Phi) is 4.50. The molecule has 1 aliphatic rings. The zero-order chi connectivity index (χ0) is 18.8. The van der Waals surface area contributed by atoms with Crippen molar-refractivity contribution in [2.24, 2.45) is 0 Å². The number of carbonyl (C=O) groups excluding carboxylic acids is 1. The van der Waals surface area contributed by atoms with E-state index in [9.17, 15) is 14.7 Å². The Bertz CT molecular complexity index is 965. The maximum atomic E-state index is 12.7. The van der Waals surface area contributed by atoms with E-state index in [1.807, 2.05) is 35.0 Å². The number of aromatic nitrogens is 2. The van der Waals surface area contributed by atoms with Crippen molar-refractivity contribution in [3.05, 3.63) is 66.1 Å². The molecule has 1 saturated heterocycles. The van der Waals surface area contributed by atoms with Gasteiger partial charge in [0.15, 0.2) is 0 Å². The van der Waals surface area contributed by atoms with Crippen molar-refractivity contribution in [2.75, 3.05) is 6.54 Å². The topological polar surface area (TPSA) is 84.1 Å². The Balaban J connectivity index is 1.47. The average molecular weight is 365 g/mol. The summed E-state index contributed by atoms with van der Waals surface area (Å²) < 4.78 is 7.70. The molecule has 7 nitrogen and oxygen atoms in total. The SMILES string of the molecule is O=C(O)[C@H]1CCCN1C(=O)c1cccc(OCc2cn3ccccc3n2)c1. The van der Waals surface area contributed by atoms with Crippen LogP contribution in [-0.4, -0.2) is 43.9 Å². The number of imidazole rings is 1. The Labute approximate surface area is 155 Å². The van der Waals surface area contributed by atoms with Crippen molar-refractivity contribution in [1.29, 1.82) is 0 Å². The lowest BCUT2D eigenvalue weighted by Gasteiger charge is -2.21. The van der Waals surface area contributed by atoms with Crippen molar-refractivity contribution >= 4 is 17.5 Å². The molecule has 0 saturated carbocycles. The molecular formula is C20H19N3O4. The van der Waals surface area contributed by atoms with Gasteiger partial charge < -0.3 is 19.1 Å². The van der Waals surface area contributed by atoms with E-state index in [1.165, 1.54) is 4.90 Å². The van der Waals surface area contributed by atoms with Crippen molar-refractivity contribution in [1.82, 2.24) is 14.3 Å². The number of aliphatic carboxylic acids is 1. The van der Waals surface area contributed by atoms with Crippen LogP contribution in [0.2, 0.25) is 0 Å². The van der Waals surface area contributed by atoms with E-state index < -0.39 is 12.0 Å². The molecule has 1 fully saturated rings. The van der Waals surface area contributed by atoms with E-state index in [4.69, 9.17) is 4.74 Å². The minimum absolute atomic E-state index is 0.279. The summed E-state index contributed by atoms with van der Waals surface area (Å²) in [6.07, 6.45) is 5.00. The van der Waals surface area contributed by atoms with Crippen molar-refractivity contribution < 1.29 is 19.4 Å². The van der Waals surface area contributed by atoms with E-state index >= 15 is 0 Å². The quantitative estimate of drug-likeness (QED) is 0.751. The Morgan fingerprint density at radius 2 is 2.11 bits per heavy atom. The van der Waals surface area contributed by atoms with E-state index in [2.05, 4.69) is 4.98 Å². The largest absolute Gasteiger partial charge is 0.487 e. The van der Waals surface area contributed by atoms with Gasteiger partial charge in [-0.2, -0.15) is 0 Å². The Morgan fingerprint density at radius 3 is 2.93 bits per heavy atom. The second-order valence-electron chi connectivity index (χ2n) is 6.51. The third-order valence-corrected chi connectivity index (χ3v) is 4.68. The van der Waals surface area contributed by atoms with Gasteiger partial charge in [0.2, 0.25) is 0 Å². The summed E-state index contributed by atoms with van der Waals surface area (Å²) >= 11 is 0. The molecule has 0 aliphatic carbocycles. The summed E-state index contributed by atoms with van der Waals surface area (Å²) in [7, 11) is 0. The van der Waals surface area contributed by atoms with E-state index in [0.717, 1.165) is 11.3 Å². The highest BCUT2D eigenvalue weighted by Crippen LogP contribution is 2.22. The predicted octanol–water partition coefficient (Wildman–Crippen LogP) is 2.60. The molecule has 1 N–H and O–H groups in total. The number of carbonyl (C=O) groups is 2. The van der Waals surface area contributed by atoms with Crippen LogP contribution in [0.1, 0.15) is 28.9 Å². The van der Waals surface area contributed by atoms with Gasteiger partial charge in [-0.05, 0) is 43.2 Å². The number of rotatable bonds is 5. The Morgan fingerprint density at radius 1 is 1.22 bits per heavy atom. The standard InChI is InChI=1S/C20H19N3O4/c24-19(23-10-4-7-17(23)20(25)26)14-5-3-6-16(11-14)27-13-15-12-22-9-2-1-8-18(22)21-15/h1-3,5-6,8-9,11-12,17H,4,7,10,13H2,(H,25,26)/t17-/m1/s1. The summed E-state index contributed by atoms with van der Waals surface area (Å²) in [4.78, 5) is 29.9. The second-order valence-corrected chi connectivity index (χ2v) is 6.51. The van der Waals surface area contributed by atoms with Gasteiger partial charge in [-0.25, -0.2) is 9.78 Å². The minimum Gasteiger partial charge on any atom is -0.487 e. The molecule has 1 aliphatic heterocycles. The van der Waals surface area contributed by atoms with Gasteiger partial charge in [0.05, 0.1) is 5.69 Å². The van der Waals surface area contributed by atoms with Crippen molar-refractivity contribution in [3.8, 4) is 5.75 Å². The van der Waals surface area contributed by atoms with E-state index in [-0.39, 0.29) is 12.5 Å². The number of carboxylic acid groups (broad SMARTS) is 1. The van der Waals surface area contributed by atoms with Crippen LogP contribution in [0.4, 0.5) is 0 Å². The van der Waals surface area contributed by atoms with Gasteiger partial charge in [0.1, 0.15) is 24.0 Å². The van der Waals surface area contributed by atoms with Gasteiger partial charge >= 0.3 is 5.97 Å². The number of benzene rings is 1. The van der Waals surface area contributed by atoms with E-state index in [0.29, 0.717) is 30.7 Å². The molecule has 27 heavy (non-hydrogen) atoms. The van der Waals surface area contributed by atoms with Crippen LogP contribution in [0, 0.1) is 0 Å². The van der Waals surface area contributed by atoms with Gasteiger partial charge in [0.25, 0.3) is 5.91 Å². The maximum absolute atomic E-state index is 12.7. The van der Waals surface area contributed by atoms with Gasteiger partial charge in [-0.3, -0.25) is 4.79 Å². The fraction of sp³-hybridized carbons (Fsp3) is 0.250. The summed E-state index contributed by atoms with van der Waals surface area (Å²) in [6.45, 7) is 0.739. The first kappa shape index (κ1) is 17.1. The zero-order valence-corrected chi connectivity index (χ0v) is 14.6. The number of pyridine rings is 1. The van der Waals surface area contributed by atoms with Crippen LogP contribution in [-0.2, 0) is 11.4 Å². The number of fused-ring (bicyclic) bond motifs is 1. The molecule has 1 atom stereocenters. The van der Waals surface area contributed by atoms with Crippen molar-refractivity contribution in [2.45, 2.75) is 25.5 Å². The maximum Gasteiger partial charge on any atom is 0.326 e. The number of likely N-dealkylation sites (tertiary alicyclic amines) is 1. The fourth-order valence-corrected chi connectivity index (χ4v) is 3.37. The lowest BCUT2D eigenvalue weighted by Crippen LogP contribution is -2.40. The molecule has 3 aromatic rings. The molecule has 0 unspecified atom stereocenters. The molecule has 2 aromatic heterocycles. The highest BCUT2D eigenvalue weighted by Gasteiger charge is 2.34. The normalized spacial score (nSPS) is 16.6. The first-order valence-electron chi connectivity index (χ1n) is 8.81. The van der Waals surface area contributed by atoms with Crippen LogP contribution >= 0.6 is 0 Å². The number of amides is 1. The van der Waals surface area contributed by atoms with E-state index in [1.54, 1.807) is 24.3 Å². The van der Waals surface area contributed by atoms with Crippen LogP contribution in [0.3, 0.4) is 0 Å². The number of hydrogen-bond acceptors (Lipinski definition) is 4. The minimum atomic E-state index is -0.958. The number of ether oxygens (including phenoxy) is 1. The third-order valence-electron chi connectivity index (χ3n) is 4.68. The van der Waals surface area contributed by atoms with Crippen LogP contribution in [0.25, 0.3) is 5.65 Å². The fourth-order valence-electron chi connectivity index (χ4n) is 3.37. The molecule has 138 valence electrons. The molecule has 0 spiro atoms. The summed E-state index contributed by atoms with van der Waals surface area (Å²) in [6, 6.07) is 11.8. The average Bonchev–Trinajstić information content (AvgIpc) is 3.32. The first-order valence-corrected chi connectivity index (χ1v) is 8.81. The first-order chi connectivity index (χ1) is 13.1. The highest BCUT2D eigenvalue weighted by molar-refractivity contribution is 5.97. The Hall–Kier alpha value is -3.35. The molecule has 0 radical (unpaired) electrons. The van der Waals surface area contributed by atoms with Crippen LogP contribution in [0.15, 0.2) is 54.9 Å². The molecule has 1 amide bonds. The smallest absolute Gasteiger partial charge is 0.326 e. The number of hydrogen-bond donors (Lipinski definition) is 1. The van der Waals surface area contributed by atoms with Gasteiger partial charge in [0, 0.05) is 24.5 Å². The molecular weight excluding hydrogens is 346 g/mol. The molecule has 7 heteroatoms. The third kappa shape index (κ3) is 3.48. The molecule has 3 heterocycles. The predicted molar refractivity (Wildman–Crippen MR) is 97.7 cm³/mol. The number of nitrogens with zero attached hydrogens (tertiary/aromatic N) is 3. The van der Waals surface area contributed by atoms with Crippen LogP contribution in [0.5, 0.6) is 5.75 Å². The van der Waals surface area contributed by atoms with Gasteiger partial charge in [-0.1, -0.05) is 12.1 Å². The summed E-state index contributed by atoms with van der Waals surface area (Å²) in [5.41, 5.74) is 2.05. The second kappa shape index (κ2) is 7.11. The van der Waals surface area contributed by atoms with Gasteiger partial charge in [-0.15, -0.1) is 0 Å². The molecule has 1 aromatic carbocycles. The summed E-state index contributed by atoms with van der Waals surface area (Å²) in [5, 5.41) is 9.28. The van der Waals surface area contributed by atoms with Crippen molar-refractivity contribution in [3.63, 3.8) is 0 Å².